The van der Waals surface area contributed by atoms with Crippen LogP contribution in [-0.4, -0.2) is 26.7 Å². The van der Waals surface area contributed by atoms with Gasteiger partial charge in [-0.2, -0.15) is 5.21 Å². The lowest BCUT2D eigenvalue weighted by molar-refractivity contribution is 0.0325. The molecule has 1 aliphatic rings. The number of benzene rings is 2. The number of nitrogens with one attached hydrogen (secondary N) is 1. The zero-order valence-corrected chi connectivity index (χ0v) is 13.7. The molecule has 3 aromatic rings. The minimum Gasteiger partial charge on any atom is -0.373 e. The number of H-pyrrole nitrogens is 1. The molecule has 0 spiro atoms. The molecular weight excluding hydrogens is 319 g/mol. The highest BCUT2D eigenvalue weighted by molar-refractivity contribution is 5.27. The minimum absolute atomic E-state index is 0.0363. The number of nitrogens with zero attached hydrogens (tertiary/aromatic N) is 3. The molecule has 1 saturated carbocycles. The summed E-state index contributed by atoms with van der Waals surface area (Å²) < 4.78 is 19.6. The van der Waals surface area contributed by atoms with E-state index in [1.54, 1.807) is 0 Å². The minimum atomic E-state index is -0.236. The number of hydrogen-bond acceptors (Lipinski definition) is 4. The van der Waals surface area contributed by atoms with E-state index in [1.807, 2.05) is 30.3 Å². The molecule has 0 saturated heterocycles. The highest BCUT2D eigenvalue weighted by atomic mass is 19.1. The summed E-state index contributed by atoms with van der Waals surface area (Å²) >= 11 is 0. The number of aromatic nitrogens is 4. The lowest BCUT2D eigenvalue weighted by Crippen LogP contribution is -2.20. The molecule has 128 valence electrons. The van der Waals surface area contributed by atoms with Gasteiger partial charge >= 0.3 is 0 Å². The third kappa shape index (κ3) is 3.44. The highest BCUT2D eigenvalue weighted by Gasteiger charge is 2.40. The molecule has 1 N–H and O–H groups in total. The largest absolute Gasteiger partial charge is 0.373 e. The second kappa shape index (κ2) is 7.11. The Morgan fingerprint density at radius 1 is 1.04 bits per heavy atom. The molecule has 1 aromatic heterocycles. The molecule has 1 fully saturated rings. The maximum atomic E-state index is 13.3. The van der Waals surface area contributed by atoms with Crippen molar-refractivity contribution in [1.29, 1.82) is 0 Å². The van der Waals surface area contributed by atoms with Crippen LogP contribution in [0.3, 0.4) is 0 Å². The second-order valence-electron chi connectivity index (χ2n) is 6.37. The molecule has 0 aliphatic heterocycles. The van der Waals surface area contributed by atoms with E-state index in [-0.39, 0.29) is 23.8 Å². The van der Waals surface area contributed by atoms with Crippen molar-refractivity contribution < 1.29 is 9.13 Å². The van der Waals surface area contributed by atoms with E-state index in [1.165, 1.54) is 12.1 Å². The zero-order chi connectivity index (χ0) is 17.1. The van der Waals surface area contributed by atoms with Gasteiger partial charge in [-0.15, -0.1) is 10.2 Å². The van der Waals surface area contributed by atoms with E-state index in [0.717, 1.165) is 24.0 Å². The van der Waals surface area contributed by atoms with E-state index in [0.29, 0.717) is 12.4 Å². The molecule has 4 rings (SSSR count). The number of tetrazole rings is 1. The molecule has 0 radical (unpaired) electrons. The normalized spacial score (nSPS) is 23.0. The Labute approximate surface area is 145 Å². The lowest BCUT2D eigenvalue weighted by Gasteiger charge is -2.24. The predicted octanol–water partition coefficient (Wildman–Crippen LogP) is 3.59. The first kappa shape index (κ1) is 15.9. The smallest absolute Gasteiger partial charge is 0.178 e. The average Bonchev–Trinajstić information content (AvgIpc) is 3.31. The van der Waals surface area contributed by atoms with Crippen LogP contribution in [0.4, 0.5) is 4.39 Å². The Morgan fingerprint density at radius 2 is 1.84 bits per heavy atom. The van der Waals surface area contributed by atoms with Gasteiger partial charge in [-0.3, -0.25) is 0 Å². The van der Waals surface area contributed by atoms with E-state index in [2.05, 4.69) is 32.8 Å². The first-order valence-corrected chi connectivity index (χ1v) is 8.45. The summed E-state index contributed by atoms with van der Waals surface area (Å²) in [4.78, 5) is 0. The number of rotatable bonds is 5. The molecule has 3 atom stereocenters. The Bertz CT molecular complexity index is 792. The van der Waals surface area contributed by atoms with Crippen molar-refractivity contribution in [3.05, 3.63) is 77.4 Å². The van der Waals surface area contributed by atoms with Gasteiger partial charge in [0, 0.05) is 11.8 Å². The molecule has 1 aliphatic carbocycles. The molecule has 25 heavy (non-hydrogen) atoms. The van der Waals surface area contributed by atoms with Crippen molar-refractivity contribution in [2.45, 2.75) is 37.4 Å². The van der Waals surface area contributed by atoms with Crippen LogP contribution in [0, 0.1) is 5.82 Å². The van der Waals surface area contributed by atoms with E-state index in [4.69, 9.17) is 4.74 Å². The lowest BCUT2D eigenvalue weighted by atomic mass is 9.87. The Morgan fingerprint density at radius 3 is 2.56 bits per heavy atom. The first-order chi connectivity index (χ1) is 12.3. The fraction of sp³-hybridized carbons (Fsp3) is 0.316. The van der Waals surface area contributed by atoms with Crippen LogP contribution in [0.5, 0.6) is 0 Å². The summed E-state index contributed by atoms with van der Waals surface area (Å²) in [6.07, 6.45) is 1.86. The third-order valence-electron chi connectivity index (χ3n) is 4.85. The SMILES string of the molecule is Fc1ccc(C2C(OCc3ccccc3)CCC2c2nn[nH]n2)cc1. The van der Waals surface area contributed by atoms with Crippen LogP contribution in [0.15, 0.2) is 54.6 Å². The number of ether oxygens (including phenoxy) is 1. The van der Waals surface area contributed by atoms with Crippen molar-refractivity contribution in [1.82, 2.24) is 20.6 Å². The van der Waals surface area contributed by atoms with Gasteiger partial charge < -0.3 is 4.74 Å². The quantitative estimate of drug-likeness (QED) is 0.772. The van der Waals surface area contributed by atoms with E-state index >= 15 is 0 Å². The number of hydrogen-bond donors (Lipinski definition) is 1. The summed E-state index contributed by atoms with van der Waals surface area (Å²) in [5, 5.41) is 14.6. The standard InChI is InChI=1S/C19H19FN4O/c20-15-8-6-14(7-9-15)18-16(19-21-23-24-22-19)10-11-17(18)25-12-13-4-2-1-3-5-13/h1-9,16-18H,10-12H2,(H,21,22,23,24). The molecule has 3 unspecified atom stereocenters. The molecule has 5 nitrogen and oxygen atoms in total. The van der Waals surface area contributed by atoms with Crippen LogP contribution < -0.4 is 0 Å². The van der Waals surface area contributed by atoms with Crippen LogP contribution in [0.25, 0.3) is 0 Å². The van der Waals surface area contributed by atoms with Gasteiger partial charge in [-0.05, 0) is 36.1 Å². The monoisotopic (exact) mass is 338 g/mol. The average molecular weight is 338 g/mol. The summed E-state index contributed by atoms with van der Waals surface area (Å²) in [5.41, 5.74) is 2.19. The predicted molar refractivity (Wildman–Crippen MR) is 90.3 cm³/mol. The molecule has 0 bridgehead atoms. The fourth-order valence-electron chi connectivity index (χ4n) is 3.67. The van der Waals surface area contributed by atoms with Crippen molar-refractivity contribution in [2.75, 3.05) is 0 Å². The Balaban J connectivity index is 1.58. The van der Waals surface area contributed by atoms with Crippen LogP contribution in [0.2, 0.25) is 0 Å². The highest BCUT2D eigenvalue weighted by Crippen LogP contribution is 2.46. The third-order valence-corrected chi connectivity index (χ3v) is 4.85. The molecular formula is C19H19FN4O. The van der Waals surface area contributed by atoms with Gasteiger partial charge in [0.05, 0.1) is 12.7 Å². The van der Waals surface area contributed by atoms with E-state index in [9.17, 15) is 4.39 Å². The summed E-state index contributed by atoms with van der Waals surface area (Å²) in [5.74, 6) is 0.659. The summed E-state index contributed by atoms with van der Waals surface area (Å²) in [6, 6.07) is 16.8. The van der Waals surface area contributed by atoms with Gasteiger partial charge in [0.15, 0.2) is 5.82 Å². The Kier molecular flexibility index (Phi) is 4.52. The molecule has 1 heterocycles. The molecule has 2 aromatic carbocycles. The zero-order valence-electron chi connectivity index (χ0n) is 13.7. The number of aromatic amines is 1. The first-order valence-electron chi connectivity index (χ1n) is 8.45. The van der Waals surface area contributed by atoms with Crippen molar-refractivity contribution in [3.8, 4) is 0 Å². The molecule has 0 amide bonds. The Hall–Kier alpha value is -2.60. The van der Waals surface area contributed by atoms with Crippen molar-refractivity contribution >= 4 is 0 Å². The van der Waals surface area contributed by atoms with Crippen molar-refractivity contribution in [3.63, 3.8) is 0 Å². The van der Waals surface area contributed by atoms with Gasteiger partial charge in [0.1, 0.15) is 5.82 Å². The van der Waals surface area contributed by atoms with Crippen LogP contribution in [0.1, 0.15) is 41.6 Å². The van der Waals surface area contributed by atoms with Crippen molar-refractivity contribution in [2.24, 2.45) is 0 Å². The second-order valence-corrected chi connectivity index (χ2v) is 6.37. The topological polar surface area (TPSA) is 63.7 Å². The van der Waals surface area contributed by atoms with Gasteiger partial charge in [0.2, 0.25) is 0 Å². The summed E-state index contributed by atoms with van der Waals surface area (Å²) in [6.45, 7) is 0.558. The van der Waals surface area contributed by atoms with Crippen LogP contribution >= 0.6 is 0 Å². The summed E-state index contributed by atoms with van der Waals surface area (Å²) in [7, 11) is 0. The number of halogens is 1. The van der Waals surface area contributed by atoms with Gasteiger partial charge in [-0.1, -0.05) is 47.7 Å². The van der Waals surface area contributed by atoms with Gasteiger partial charge in [0.25, 0.3) is 0 Å². The molecule has 6 heteroatoms. The van der Waals surface area contributed by atoms with E-state index < -0.39 is 0 Å². The maximum Gasteiger partial charge on any atom is 0.178 e. The van der Waals surface area contributed by atoms with Crippen LogP contribution in [-0.2, 0) is 11.3 Å². The van der Waals surface area contributed by atoms with Gasteiger partial charge in [-0.25, -0.2) is 4.39 Å². The maximum absolute atomic E-state index is 13.3. The fourth-order valence-corrected chi connectivity index (χ4v) is 3.67.